The van der Waals surface area contributed by atoms with E-state index in [1.54, 1.807) is 19.2 Å². The summed E-state index contributed by atoms with van der Waals surface area (Å²) in [5.41, 5.74) is 2.06. The van der Waals surface area contributed by atoms with Crippen LogP contribution in [0.3, 0.4) is 0 Å². The van der Waals surface area contributed by atoms with Crippen molar-refractivity contribution in [3.05, 3.63) is 102 Å². The number of aliphatic hydroxyl groups is 1. The molecule has 1 aliphatic carbocycles. The van der Waals surface area contributed by atoms with Crippen LogP contribution in [0.25, 0.3) is 0 Å². The fraction of sp³-hybridized carbons (Fsp3) is 0.421. The van der Waals surface area contributed by atoms with Gasteiger partial charge in [-0.15, -0.1) is 0 Å². The molecule has 14 heteroatoms. The second-order valence-corrected chi connectivity index (χ2v) is 12.2. The maximum absolute atomic E-state index is 13.0. The predicted octanol–water partition coefficient (Wildman–Crippen LogP) is 6.26. The standard InChI is InChI=1S/C28H37N4O4S.C7H6F2O.C2H6.CH3.O.V/c1-4-18(2)25(28(36)31-22-10-11-22)15-24(33)17-30-27(35)21-12-20(13-23(14-21)32(3)37)26(34)29-16-19-8-6-5-7-9-19;1-10-7-3-5(8)2-6(9)4-7;1-2;;;/h5-9,12-14,18,22,24-25,33H,4,10-11,15-17H2,1-3H3,(H,29,34)(H,30,35)(H,31,36);2-4H,1H3;1-2H3;1H3;;/q-1;;;-1;;+2. The minimum atomic E-state index is -0.883. The molecule has 0 saturated heterocycles. The van der Waals surface area contributed by atoms with E-state index in [1.165, 1.54) is 17.5 Å². The number of benzene rings is 3. The molecule has 4 N–H and O–H groups in total. The normalized spacial score (nSPS) is 12.9. The number of methoxy groups -OCH3 is 1. The van der Waals surface area contributed by atoms with Crippen LogP contribution in [-0.4, -0.2) is 55.7 Å². The first-order valence-corrected chi connectivity index (χ1v) is 17.7. The monoisotopic (exact) mass is 781 g/mol. The molecule has 285 valence electrons. The Morgan fingerprint density at radius 2 is 1.50 bits per heavy atom. The van der Waals surface area contributed by atoms with Crippen LogP contribution < -0.4 is 25.0 Å². The number of amides is 3. The molecule has 52 heavy (non-hydrogen) atoms. The number of hydrogen-bond donors (Lipinski definition) is 4. The molecule has 0 aliphatic heterocycles. The van der Waals surface area contributed by atoms with E-state index in [1.807, 2.05) is 58.0 Å². The molecule has 4 rings (SSSR count). The summed E-state index contributed by atoms with van der Waals surface area (Å²) in [5, 5.41) is 19.3. The first-order chi connectivity index (χ1) is 24.4. The molecule has 0 heterocycles. The van der Waals surface area contributed by atoms with Gasteiger partial charge in [0.25, 0.3) is 11.8 Å². The van der Waals surface area contributed by atoms with Crippen LogP contribution in [0.4, 0.5) is 14.5 Å². The number of aliphatic hydroxyl groups excluding tert-OH is 1. The van der Waals surface area contributed by atoms with Crippen molar-refractivity contribution < 1.29 is 54.1 Å². The van der Waals surface area contributed by atoms with E-state index >= 15 is 0 Å². The molecule has 3 unspecified atom stereocenters. The van der Waals surface area contributed by atoms with Crippen LogP contribution in [0.5, 0.6) is 5.75 Å². The van der Waals surface area contributed by atoms with Crippen LogP contribution in [0.15, 0.2) is 66.7 Å². The first kappa shape index (κ1) is 48.2. The maximum atomic E-state index is 13.0. The van der Waals surface area contributed by atoms with E-state index in [0.29, 0.717) is 17.8 Å². The van der Waals surface area contributed by atoms with Gasteiger partial charge in [-0.05, 0) is 56.0 Å². The Bertz CT molecular complexity index is 1500. The summed E-state index contributed by atoms with van der Waals surface area (Å²) in [5.74, 6) is -2.07. The molecule has 0 aromatic heterocycles. The first-order valence-electron chi connectivity index (χ1n) is 16.7. The average Bonchev–Trinajstić information content (AvgIpc) is 3.97. The van der Waals surface area contributed by atoms with Crippen LogP contribution in [-0.2, 0) is 45.2 Å². The number of halogens is 2. The third kappa shape index (κ3) is 17.6. The van der Waals surface area contributed by atoms with Crippen LogP contribution >= 0.6 is 0 Å². The molecule has 3 atom stereocenters. The van der Waals surface area contributed by atoms with Gasteiger partial charge in [0.2, 0.25) is 5.91 Å². The Balaban J connectivity index is 0.00000147. The third-order valence-electron chi connectivity index (χ3n) is 7.79. The van der Waals surface area contributed by atoms with Crippen molar-refractivity contribution in [1.82, 2.24) is 16.0 Å². The molecule has 3 aromatic rings. The Morgan fingerprint density at radius 1 is 0.962 bits per heavy atom. The third-order valence-corrected chi connectivity index (χ3v) is 8.00. The number of nitrogens with zero attached hydrogens (tertiary/aromatic N) is 1. The molecule has 0 bridgehead atoms. The molecular formula is C38H52F2N4O6SV. The Labute approximate surface area is 322 Å². The molecule has 10 nitrogen and oxygen atoms in total. The van der Waals surface area contributed by atoms with Crippen molar-refractivity contribution in [2.45, 2.75) is 72.1 Å². The van der Waals surface area contributed by atoms with E-state index in [4.69, 9.17) is 16.5 Å². The number of rotatable bonds is 14. The van der Waals surface area contributed by atoms with Gasteiger partial charge < -0.3 is 50.3 Å². The minimum absolute atomic E-state index is 0. The average molecular weight is 782 g/mol. The summed E-state index contributed by atoms with van der Waals surface area (Å²) in [6.07, 6.45) is 2.20. The van der Waals surface area contributed by atoms with E-state index in [0.717, 1.165) is 60.4 Å². The number of ether oxygens (including phenoxy) is 1. The van der Waals surface area contributed by atoms with Gasteiger partial charge in [0.05, 0.1) is 13.2 Å². The quantitative estimate of drug-likeness (QED) is 0.111. The predicted molar refractivity (Wildman–Crippen MR) is 198 cm³/mol. The fourth-order valence-corrected chi connectivity index (χ4v) is 4.79. The van der Waals surface area contributed by atoms with Crippen LogP contribution in [0.1, 0.15) is 79.7 Å². The molecular weight excluding hydrogens is 729 g/mol. The van der Waals surface area contributed by atoms with E-state index in [-0.39, 0.29) is 61.4 Å². The SMILES string of the molecule is CC.CCC(C)C(CC(O)CNC(=O)c1cc(C(=O)NCc2ccccc2)cc(N(C)[S-])c1)C(=O)NC1CC1.COc1cc(F)cc(F)c1.[CH3-].[O]=[V+2]. The van der Waals surface area contributed by atoms with Gasteiger partial charge in [0, 0.05) is 60.1 Å². The zero-order valence-electron chi connectivity index (χ0n) is 30.9. The molecule has 1 aliphatic rings. The topological polar surface area (TPSA) is 137 Å². The van der Waals surface area contributed by atoms with Gasteiger partial charge in [-0.1, -0.05) is 64.4 Å². The van der Waals surface area contributed by atoms with Crippen LogP contribution in [0.2, 0.25) is 0 Å². The number of anilines is 1. The molecule has 1 fully saturated rings. The molecule has 1 saturated carbocycles. The number of carbonyl (C=O) groups excluding carboxylic acids is 3. The number of nitrogens with one attached hydrogen (secondary N) is 3. The Hall–Kier alpha value is -3.78. The summed E-state index contributed by atoms with van der Waals surface area (Å²) in [7, 11) is 3.01. The van der Waals surface area contributed by atoms with Crippen molar-refractivity contribution in [2.24, 2.45) is 11.8 Å². The second-order valence-electron chi connectivity index (χ2n) is 11.6. The second kappa shape index (κ2) is 26.1. The Kier molecular flexibility index (Phi) is 24.2. The van der Waals surface area contributed by atoms with Crippen molar-refractivity contribution in [1.29, 1.82) is 0 Å². The van der Waals surface area contributed by atoms with Gasteiger partial charge in [0.1, 0.15) is 17.4 Å². The van der Waals surface area contributed by atoms with Gasteiger partial charge in [-0.3, -0.25) is 14.4 Å². The van der Waals surface area contributed by atoms with Gasteiger partial charge in [-0.2, -0.15) is 0 Å². The summed E-state index contributed by atoms with van der Waals surface area (Å²) in [6.45, 7) is 8.37. The fourth-order valence-electron chi connectivity index (χ4n) is 4.69. The van der Waals surface area contributed by atoms with Crippen molar-refractivity contribution in [3.63, 3.8) is 0 Å². The summed E-state index contributed by atoms with van der Waals surface area (Å²) in [4.78, 5) is 38.4. The van der Waals surface area contributed by atoms with Crippen molar-refractivity contribution in [3.8, 4) is 5.75 Å². The van der Waals surface area contributed by atoms with Crippen molar-refractivity contribution >= 4 is 36.2 Å². The molecule has 0 radical (unpaired) electrons. The molecule has 3 amide bonds. The zero-order valence-corrected chi connectivity index (χ0v) is 33.2. The summed E-state index contributed by atoms with van der Waals surface area (Å²) in [6, 6.07) is 17.6. The van der Waals surface area contributed by atoms with Gasteiger partial charge >= 0.3 is 21.0 Å². The Morgan fingerprint density at radius 3 is 1.98 bits per heavy atom. The molecule has 3 aromatic carbocycles. The summed E-state index contributed by atoms with van der Waals surface area (Å²) >= 11 is 6.28. The van der Waals surface area contributed by atoms with Crippen molar-refractivity contribution in [2.75, 3.05) is 25.0 Å². The van der Waals surface area contributed by atoms with Crippen LogP contribution in [0, 0.1) is 30.9 Å². The molecule has 0 spiro atoms. The van der Waals surface area contributed by atoms with Gasteiger partial charge in [-0.25, -0.2) is 8.78 Å². The zero-order chi connectivity index (χ0) is 38.5. The van der Waals surface area contributed by atoms with E-state index < -0.39 is 23.6 Å². The number of carbonyl (C=O) groups is 3. The van der Waals surface area contributed by atoms with Gasteiger partial charge in [0.15, 0.2) is 0 Å². The van der Waals surface area contributed by atoms with E-state index in [9.17, 15) is 28.3 Å². The van der Waals surface area contributed by atoms with E-state index in [2.05, 4.69) is 20.7 Å². The number of hydrogen-bond acceptors (Lipinski definition) is 8. The summed E-state index contributed by atoms with van der Waals surface area (Å²) < 4.78 is 38.8.